The van der Waals surface area contributed by atoms with Gasteiger partial charge in [-0.15, -0.1) is 0 Å². The average Bonchev–Trinajstić information content (AvgIpc) is 2.52. The minimum Gasteiger partial charge on any atom is -0.508 e. The Balaban J connectivity index is 2.11. The Labute approximate surface area is 137 Å². The van der Waals surface area contributed by atoms with Crippen molar-refractivity contribution in [3.8, 4) is 5.75 Å². The van der Waals surface area contributed by atoms with Crippen LogP contribution in [0.5, 0.6) is 5.75 Å². The predicted octanol–water partition coefficient (Wildman–Crippen LogP) is -0.352. The second kappa shape index (κ2) is 7.00. The van der Waals surface area contributed by atoms with Gasteiger partial charge in [0.2, 0.25) is 5.60 Å². The van der Waals surface area contributed by atoms with Gasteiger partial charge in [-0.2, -0.15) is 0 Å². The predicted molar refractivity (Wildman–Crippen MR) is 80.9 cm³/mol. The highest BCUT2D eigenvalue weighted by Crippen LogP contribution is 2.33. The van der Waals surface area contributed by atoms with E-state index in [1.807, 2.05) is 0 Å². The maximum absolute atomic E-state index is 11.9. The second-order valence-electron chi connectivity index (χ2n) is 5.68. The van der Waals surface area contributed by atoms with Gasteiger partial charge in [0.1, 0.15) is 11.9 Å². The zero-order valence-electron chi connectivity index (χ0n) is 12.6. The third-order valence-electron chi connectivity index (χ3n) is 3.86. The summed E-state index contributed by atoms with van der Waals surface area (Å²) in [5.41, 5.74) is -1.54. The van der Waals surface area contributed by atoms with Crippen molar-refractivity contribution < 1.29 is 39.9 Å². The van der Waals surface area contributed by atoms with E-state index in [0.717, 1.165) is 6.08 Å². The van der Waals surface area contributed by atoms with E-state index in [4.69, 9.17) is 9.84 Å². The molecule has 0 saturated heterocycles. The molecule has 8 nitrogen and oxygen atoms in total. The summed E-state index contributed by atoms with van der Waals surface area (Å²) in [6.45, 7) is 0. The SMILES string of the molecule is O=C(/C=C/c1ccc(O)cc1)OC1(C(=O)O)C[C@@H](O)C(O)[C@H](O)C1. The van der Waals surface area contributed by atoms with E-state index >= 15 is 0 Å². The van der Waals surface area contributed by atoms with Gasteiger partial charge < -0.3 is 30.3 Å². The molecule has 0 aliphatic heterocycles. The smallest absolute Gasteiger partial charge is 0.348 e. The normalized spacial score (nSPS) is 30.2. The van der Waals surface area contributed by atoms with Crippen LogP contribution in [0.15, 0.2) is 30.3 Å². The molecule has 0 spiro atoms. The number of ether oxygens (including phenoxy) is 1. The number of esters is 1. The first kappa shape index (κ1) is 17.9. The number of aliphatic carboxylic acids is 1. The molecule has 1 aromatic rings. The van der Waals surface area contributed by atoms with Gasteiger partial charge in [-0.05, 0) is 23.8 Å². The average molecular weight is 338 g/mol. The van der Waals surface area contributed by atoms with Crippen LogP contribution in [0, 0.1) is 0 Å². The third kappa shape index (κ3) is 3.91. The van der Waals surface area contributed by atoms with Crippen molar-refractivity contribution in [3.05, 3.63) is 35.9 Å². The molecule has 0 radical (unpaired) electrons. The molecule has 1 aliphatic rings. The molecule has 1 aliphatic carbocycles. The molecule has 0 heterocycles. The van der Waals surface area contributed by atoms with E-state index in [2.05, 4.69) is 0 Å². The number of hydrogen-bond donors (Lipinski definition) is 5. The molecule has 5 N–H and O–H groups in total. The number of aliphatic hydroxyl groups excluding tert-OH is 3. The van der Waals surface area contributed by atoms with E-state index < -0.39 is 48.7 Å². The maximum Gasteiger partial charge on any atom is 0.348 e. The summed E-state index contributed by atoms with van der Waals surface area (Å²) in [4.78, 5) is 23.4. The minimum atomic E-state index is -2.12. The van der Waals surface area contributed by atoms with Crippen molar-refractivity contribution in [1.82, 2.24) is 0 Å². The molecule has 1 saturated carbocycles. The number of carboxylic acids is 1. The molecule has 2 rings (SSSR count). The monoisotopic (exact) mass is 338 g/mol. The largest absolute Gasteiger partial charge is 0.508 e. The van der Waals surface area contributed by atoms with Crippen molar-refractivity contribution >= 4 is 18.0 Å². The molecule has 0 bridgehead atoms. The molecule has 8 heteroatoms. The summed E-state index contributed by atoms with van der Waals surface area (Å²) < 4.78 is 4.97. The van der Waals surface area contributed by atoms with E-state index in [1.165, 1.54) is 30.3 Å². The van der Waals surface area contributed by atoms with Crippen molar-refractivity contribution in [2.45, 2.75) is 36.8 Å². The number of carboxylic acid groups (broad SMARTS) is 1. The van der Waals surface area contributed by atoms with Crippen molar-refractivity contribution in [2.24, 2.45) is 0 Å². The van der Waals surface area contributed by atoms with Gasteiger partial charge in [0.25, 0.3) is 0 Å². The number of hydrogen-bond acceptors (Lipinski definition) is 7. The van der Waals surface area contributed by atoms with Gasteiger partial charge in [0, 0.05) is 18.9 Å². The Morgan fingerprint density at radius 3 is 2.12 bits per heavy atom. The van der Waals surface area contributed by atoms with Crippen LogP contribution in [0.3, 0.4) is 0 Å². The van der Waals surface area contributed by atoms with E-state index in [0.29, 0.717) is 5.56 Å². The number of aliphatic hydroxyl groups is 3. The standard InChI is InChI=1S/C16H18O8/c17-10-4-1-9(2-5-10)3-6-13(20)24-16(15(22)23)7-11(18)14(21)12(19)8-16/h1-6,11-12,14,17-19,21H,7-8H2,(H,22,23)/b6-3+/t11-,12-,14?,16?/m1/s1. The lowest BCUT2D eigenvalue weighted by molar-refractivity contribution is -0.201. The molecule has 1 fully saturated rings. The molecule has 0 aromatic heterocycles. The number of phenols is 1. The number of benzene rings is 1. The van der Waals surface area contributed by atoms with E-state index in [1.54, 1.807) is 0 Å². The highest BCUT2D eigenvalue weighted by molar-refractivity contribution is 5.90. The van der Waals surface area contributed by atoms with E-state index in [9.17, 15) is 30.0 Å². The molecule has 0 unspecified atom stereocenters. The zero-order chi connectivity index (χ0) is 17.9. The quantitative estimate of drug-likeness (QED) is 0.370. The molecule has 1 aromatic carbocycles. The number of carbonyl (C=O) groups is 2. The second-order valence-corrected chi connectivity index (χ2v) is 5.68. The lowest BCUT2D eigenvalue weighted by Crippen LogP contribution is -2.57. The van der Waals surface area contributed by atoms with Crippen molar-refractivity contribution in [3.63, 3.8) is 0 Å². The van der Waals surface area contributed by atoms with Crippen LogP contribution in [0.2, 0.25) is 0 Å². The molecule has 130 valence electrons. The summed E-state index contributed by atoms with van der Waals surface area (Å²) in [7, 11) is 0. The van der Waals surface area contributed by atoms with Gasteiger partial charge >= 0.3 is 11.9 Å². The molecule has 24 heavy (non-hydrogen) atoms. The van der Waals surface area contributed by atoms with Crippen LogP contribution in [0.1, 0.15) is 18.4 Å². The Morgan fingerprint density at radius 1 is 1.08 bits per heavy atom. The fourth-order valence-electron chi connectivity index (χ4n) is 2.53. The van der Waals surface area contributed by atoms with Crippen LogP contribution in [-0.4, -0.2) is 61.4 Å². The lowest BCUT2D eigenvalue weighted by atomic mass is 9.79. The van der Waals surface area contributed by atoms with Gasteiger partial charge in [-0.1, -0.05) is 12.1 Å². The Morgan fingerprint density at radius 2 is 1.62 bits per heavy atom. The highest BCUT2D eigenvalue weighted by Gasteiger charge is 2.52. The number of rotatable bonds is 4. The fraction of sp³-hybridized carbons (Fsp3) is 0.375. The molecule has 0 amide bonds. The van der Waals surface area contributed by atoms with Gasteiger partial charge in [-0.25, -0.2) is 9.59 Å². The summed E-state index contributed by atoms with van der Waals surface area (Å²) in [5, 5.41) is 47.4. The number of phenolic OH excluding ortho intramolecular Hbond substituents is 1. The fourth-order valence-corrected chi connectivity index (χ4v) is 2.53. The first-order valence-electron chi connectivity index (χ1n) is 7.21. The Bertz CT molecular complexity index is 624. The minimum absolute atomic E-state index is 0.0586. The van der Waals surface area contributed by atoms with Crippen LogP contribution in [-0.2, 0) is 14.3 Å². The molecular formula is C16H18O8. The molecular weight excluding hydrogens is 320 g/mol. The topological polar surface area (TPSA) is 145 Å². The van der Waals surface area contributed by atoms with Crippen LogP contribution < -0.4 is 0 Å². The van der Waals surface area contributed by atoms with Gasteiger partial charge in [0.05, 0.1) is 12.2 Å². The summed E-state index contributed by atoms with van der Waals surface area (Å²) in [6, 6.07) is 5.91. The van der Waals surface area contributed by atoms with Crippen molar-refractivity contribution in [2.75, 3.05) is 0 Å². The first-order chi connectivity index (χ1) is 11.2. The first-order valence-corrected chi connectivity index (χ1v) is 7.21. The van der Waals surface area contributed by atoms with Gasteiger partial charge in [0.15, 0.2) is 0 Å². The van der Waals surface area contributed by atoms with Crippen LogP contribution in [0.25, 0.3) is 6.08 Å². The summed E-state index contributed by atoms with van der Waals surface area (Å²) in [6.07, 6.45) is -3.25. The lowest BCUT2D eigenvalue weighted by Gasteiger charge is -2.39. The number of carbonyl (C=O) groups excluding carboxylic acids is 1. The number of aromatic hydroxyl groups is 1. The third-order valence-corrected chi connectivity index (χ3v) is 3.86. The Kier molecular flexibility index (Phi) is 5.23. The summed E-state index contributed by atoms with van der Waals surface area (Å²) >= 11 is 0. The van der Waals surface area contributed by atoms with Crippen LogP contribution in [0.4, 0.5) is 0 Å². The maximum atomic E-state index is 11.9. The molecule has 2 atom stereocenters. The van der Waals surface area contributed by atoms with Crippen molar-refractivity contribution in [1.29, 1.82) is 0 Å². The van der Waals surface area contributed by atoms with Gasteiger partial charge in [-0.3, -0.25) is 0 Å². The highest BCUT2D eigenvalue weighted by atomic mass is 16.6. The van der Waals surface area contributed by atoms with E-state index in [-0.39, 0.29) is 5.75 Å². The van der Waals surface area contributed by atoms with Crippen LogP contribution >= 0.6 is 0 Å². The summed E-state index contributed by atoms with van der Waals surface area (Å²) in [5.74, 6) is -2.43. The Hall–Kier alpha value is -2.42. The zero-order valence-corrected chi connectivity index (χ0v) is 12.6.